The lowest BCUT2D eigenvalue weighted by Gasteiger charge is -2.10. The highest BCUT2D eigenvalue weighted by Gasteiger charge is 2.08. The summed E-state index contributed by atoms with van der Waals surface area (Å²) in [7, 11) is 0. The Morgan fingerprint density at radius 3 is 2.93 bits per heavy atom. The Morgan fingerprint density at radius 1 is 1.29 bits per heavy atom. The third kappa shape index (κ3) is 1.45. The first-order valence-electron chi connectivity index (χ1n) is 4.37. The molecule has 0 aliphatic carbocycles. The minimum absolute atomic E-state index is 0.0876. The fourth-order valence-electron chi connectivity index (χ4n) is 1.42. The van der Waals surface area contributed by atoms with Crippen molar-refractivity contribution in [3.8, 4) is 0 Å². The normalized spacial score (nSPS) is 13.0. The van der Waals surface area contributed by atoms with Crippen LogP contribution in [0.2, 0.25) is 0 Å². The summed E-state index contributed by atoms with van der Waals surface area (Å²) >= 11 is 0. The molecule has 2 aromatic rings. The Hall–Kier alpha value is -1.52. The molecule has 4 nitrogen and oxygen atoms in total. The lowest BCUT2D eigenvalue weighted by Crippen LogP contribution is -2.15. The maximum atomic E-state index is 8.97. The smallest absolute Gasteiger partial charge is 0.0625 e. The number of pyridine rings is 2. The summed E-state index contributed by atoms with van der Waals surface area (Å²) in [5.74, 6) is 0. The fourth-order valence-corrected chi connectivity index (χ4v) is 1.42. The second-order valence-electron chi connectivity index (χ2n) is 3.11. The molecular weight excluding hydrogens is 178 g/mol. The molecule has 72 valence electrons. The Bertz CT molecular complexity index is 439. The highest BCUT2D eigenvalue weighted by atomic mass is 16.3. The Labute approximate surface area is 81.4 Å². The van der Waals surface area contributed by atoms with Gasteiger partial charge >= 0.3 is 0 Å². The average Bonchev–Trinajstić information content (AvgIpc) is 2.27. The number of nitrogens with two attached hydrogens (primary N) is 1. The van der Waals surface area contributed by atoms with Crippen LogP contribution in [0.15, 0.2) is 30.9 Å². The molecule has 0 spiro atoms. The van der Waals surface area contributed by atoms with Gasteiger partial charge in [0.05, 0.1) is 12.6 Å². The number of aliphatic hydroxyl groups is 1. The topological polar surface area (TPSA) is 72.0 Å². The van der Waals surface area contributed by atoms with Crippen LogP contribution in [-0.2, 0) is 0 Å². The third-order valence-corrected chi connectivity index (χ3v) is 2.19. The molecule has 3 N–H and O–H groups in total. The molecule has 0 aliphatic rings. The van der Waals surface area contributed by atoms with E-state index >= 15 is 0 Å². The van der Waals surface area contributed by atoms with E-state index in [2.05, 4.69) is 9.97 Å². The van der Waals surface area contributed by atoms with Gasteiger partial charge in [-0.05, 0) is 11.6 Å². The van der Waals surface area contributed by atoms with E-state index in [0.29, 0.717) is 0 Å². The van der Waals surface area contributed by atoms with Gasteiger partial charge in [-0.15, -0.1) is 0 Å². The van der Waals surface area contributed by atoms with E-state index in [1.54, 1.807) is 24.8 Å². The Morgan fingerprint density at radius 2 is 2.14 bits per heavy atom. The van der Waals surface area contributed by atoms with Gasteiger partial charge in [0.15, 0.2) is 0 Å². The number of nitrogens with zero attached hydrogens (tertiary/aromatic N) is 2. The van der Waals surface area contributed by atoms with E-state index in [1.807, 2.05) is 6.07 Å². The van der Waals surface area contributed by atoms with Gasteiger partial charge in [0, 0.05) is 35.6 Å². The van der Waals surface area contributed by atoms with Crippen LogP contribution in [0.1, 0.15) is 11.6 Å². The molecule has 1 unspecified atom stereocenters. The first-order valence-corrected chi connectivity index (χ1v) is 4.37. The van der Waals surface area contributed by atoms with Gasteiger partial charge in [-0.25, -0.2) is 0 Å². The highest BCUT2D eigenvalue weighted by Crippen LogP contribution is 2.20. The van der Waals surface area contributed by atoms with Crippen molar-refractivity contribution in [1.82, 2.24) is 9.97 Å². The first-order chi connectivity index (χ1) is 6.83. The van der Waals surface area contributed by atoms with Crippen LogP contribution in [0.25, 0.3) is 10.8 Å². The molecule has 0 saturated heterocycles. The number of aliphatic hydroxyl groups excluding tert-OH is 1. The minimum Gasteiger partial charge on any atom is -0.394 e. The van der Waals surface area contributed by atoms with Gasteiger partial charge in [0.2, 0.25) is 0 Å². The van der Waals surface area contributed by atoms with E-state index < -0.39 is 6.04 Å². The monoisotopic (exact) mass is 189 g/mol. The van der Waals surface area contributed by atoms with Crippen LogP contribution in [0, 0.1) is 0 Å². The number of rotatable bonds is 2. The van der Waals surface area contributed by atoms with Crippen molar-refractivity contribution in [1.29, 1.82) is 0 Å². The number of fused-ring (bicyclic) bond motifs is 1. The molecule has 0 radical (unpaired) electrons. The number of aromatic nitrogens is 2. The summed E-state index contributed by atoms with van der Waals surface area (Å²) in [6, 6.07) is 1.48. The molecule has 2 rings (SSSR count). The van der Waals surface area contributed by atoms with E-state index in [9.17, 15) is 0 Å². The molecule has 4 heteroatoms. The van der Waals surface area contributed by atoms with Crippen LogP contribution in [0.5, 0.6) is 0 Å². The van der Waals surface area contributed by atoms with Crippen molar-refractivity contribution in [2.24, 2.45) is 5.73 Å². The molecule has 14 heavy (non-hydrogen) atoms. The predicted octanol–water partition coefficient (Wildman–Crippen LogP) is 0.622. The number of hydrogen-bond acceptors (Lipinski definition) is 4. The molecule has 2 aromatic heterocycles. The maximum Gasteiger partial charge on any atom is 0.0625 e. The van der Waals surface area contributed by atoms with Crippen molar-refractivity contribution < 1.29 is 5.11 Å². The molecular formula is C10H11N3O. The lowest BCUT2D eigenvalue weighted by atomic mass is 10.1. The zero-order chi connectivity index (χ0) is 9.97. The van der Waals surface area contributed by atoms with Crippen molar-refractivity contribution in [3.63, 3.8) is 0 Å². The minimum atomic E-state index is -0.393. The molecule has 0 fully saturated rings. The SMILES string of the molecule is NC(CO)c1cncc2ccncc12. The predicted molar refractivity (Wildman–Crippen MR) is 53.6 cm³/mol. The van der Waals surface area contributed by atoms with Crippen LogP contribution < -0.4 is 5.73 Å². The zero-order valence-electron chi connectivity index (χ0n) is 7.59. The highest BCUT2D eigenvalue weighted by molar-refractivity contribution is 5.84. The van der Waals surface area contributed by atoms with E-state index in [4.69, 9.17) is 10.8 Å². The van der Waals surface area contributed by atoms with Crippen LogP contribution in [-0.4, -0.2) is 21.7 Å². The van der Waals surface area contributed by atoms with Crippen molar-refractivity contribution >= 4 is 10.8 Å². The van der Waals surface area contributed by atoms with Crippen LogP contribution >= 0.6 is 0 Å². The molecule has 0 saturated carbocycles. The fraction of sp³-hybridized carbons (Fsp3) is 0.200. The third-order valence-electron chi connectivity index (χ3n) is 2.19. The van der Waals surface area contributed by atoms with Crippen molar-refractivity contribution in [2.75, 3.05) is 6.61 Å². The summed E-state index contributed by atoms with van der Waals surface area (Å²) in [6.07, 6.45) is 6.87. The molecule has 1 atom stereocenters. The maximum absolute atomic E-state index is 8.97. The lowest BCUT2D eigenvalue weighted by molar-refractivity contribution is 0.268. The Balaban J connectivity index is 2.65. The molecule has 0 aliphatic heterocycles. The average molecular weight is 189 g/mol. The van der Waals surface area contributed by atoms with Gasteiger partial charge in [-0.1, -0.05) is 0 Å². The van der Waals surface area contributed by atoms with Gasteiger partial charge < -0.3 is 10.8 Å². The van der Waals surface area contributed by atoms with E-state index in [-0.39, 0.29) is 6.61 Å². The van der Waals surface area contributed by atoms with E-state index in [1.165, 1.54) is 0 Å². The number of hydrogen-bond donors (Lipinski definition) is 2. The zero-order valence-corrected chi connectivity index (χ0v) is 7.59. The summed E-state index contributed by atoms with van der Waals surface area (Å²) in [4.78, 5) is 8.09. The molecule has 0 amide bonds. The van der Waals surface area contributed by atoms with Gasteiger partial charge in [-0.3, -0.25) is 9.97 Å². The van der Waals surface area contributed by atoms with Crippen molar-refractivity contribution in [2.45, 2.75) is 6.04 Å². The first kappa shape index (κ1) is 9.05. The van der Waals surface area contributed by atoms with E-state index in [0.717, 1.165) is 16.3 Å². The summed E-state index contributed by atoms with van der Waals surface area (Å²) in [6.45, 7) is -0.0876. The Kier molecular flexibility index (Phi) is 2.39. The summed E-state index contributed by atoms with van der Waals surface area (Å²) in [5.41, 5.74) is 6.57. The summed E-state index contributed by atoms with van der Waals surface area (Å²) < 4.78 is 0. The van der Waals surface area contributed by atoms with Crippen molar-refractivity contribution in [3.05, 3.63) is 36.4 Å². The van der Waals surface area contributed by atoms with Gasteiger partial charge in [0.25, 0.3) is 0 Å². The van der Waals surface area contributed by atoms with Gasteiger partial charge in [-0.2, -0.15) is 0 Å². The largest absolute Gasteiger partial charge is 0.394 e. The molecule has 0 bridgehead atoms. The second kappa shape index (κ2) is 3.69. The second-order valence-corrected chi connectivity index (χ2v) is 3.11. The quantitative estimate of drug-likeness (QED) is 0.726. The standard InChI is InChI=1S/C10H11N3O/c11-10(6-14)9-5-13-3-7-1-2-12-4-8(7)9/h1-5,10,14H,6,11H2. The van der Waals surface area contributed by atoms with Crippen LogP contribution in [0.4, 0.5) is 0 Å². The van der Waals surface area contributed by atoms with Gasteiger partial charge in [0.1, 0.15) is 0 Å². The molecule has 2 heterocycles. The van der Waals surface area contributed by atoms with Crippen LogP contribution in [0.3, 0.4) is 0 Å². The summed E-state index contributed by atoms with van der Waals surface area (Å²) in [5, 5.41) is 10.9. The molecule has 0 aromatic carbocycles.